The molecule has 2 N–H and O–H groups in total. The predicted octanol–water partition coefficient (Wildman–Crippen LogP) is 0.855. The number of nitrogens with zero attached hydrogens (tertiary/aromatic N) is 1. The summed E-state index contributed by atoms with van der Waals surface area (Å²) >= 11 is 0. The Balaban J connectivity index is 2.31. The standard InChI is InChI=1S/C17H24N2O6S/c1-11(2)15(17(21)22)18-16(20)13-5-4-12(3)14(10-13)26(23,24)19-6-8-25-9-7-19/h4-5,10-11,15H,6-9H2,1-3H3,(H,18,20)(H,21,22)/t15-/m0/s1. The molecule has 1 aliphatic heterocycles. The second-order valence-electron chi connectivity index (χ2n) is 6.53. The Morgan fingerprint density at radius 3 is 2.38 bits per heavy atom. The van der Waals surface area contributed by atoms with Crippen LogP contribution in [0.5, 0.6) is 0 Å². The number of ether oxygens (including phenoxy) is 1. The van der Waals surface area contributed by atoms with Crippen LogP contribution in [-0.2, 0) is 19.6 Å². The highest BCUT2D eigenvalue weighted by Crippen LogP contribution is 2.22. The summed E-state index contributed by atoms with van der Waals surface area (Å²) in [6.07, 6.45) is 0. The van der Waals surface area contributed by atoms with E-state index in [0.717, 1.165) is 0 Å². The molecule has 0 unspecified atom stereocenters. The summed E-state index contributed by atoms with van der Waals surface area (Å²) in [5.74, 6) is -2.07. The lowest BCUT2D eigenvalue weighted by atomic mass is 10.0. The molecule has 0 saturated carbocycles. The second kappa shape index (κ2) is 8.15. The minimum Gasteiger partial charge on any atom is -0.480 e. The highest BCUT2D eigenvalue weighted by molar-refractivity contribution is 7.89. The van der Waals surface area contributed by atoms with E-state index in [1.54, 1.807) is 26.8 Å². The van der Waals surface area contributed by atoms with Gasteiger partial charge in [-0.25, -0.2) is 13.2 Å². The number of hydrogen-bond acceptors (Lipinski definition) is 5. The number of amides is 1. The number of rotatable bonds is 6. The van der Waals surface area contributed by atoms with Crippen molar-refractivity contribution in [2.45, 2.75) is 31.7 Å². The monoisotopic (exact) mass is 384 g/mol. The summed E-state index contributed by atoms with van der Waals surface area (Å²) in [4.78, 5) is 23.7. The van der Waals surface area contributed by atoms with E-state index in [4.69, 9.17) is 4.74 Å². The molecule has 1 heterocycles. The lowest BCUT2D eigenvalue weighted by Crippen LogP contribution is -2.44. The van der Waals surface area contributed by atoms with Crippen molar-refractivity contribution in [1.29, 1.82) is 0 Å². The molecule has 0 bridgehead atoms. The van der Waals surface area contributed by atoms with Gasteiger partial charge in [-0.3, -0.25) is 4.79 Å². The largest absolute Gasteiger partial charge is 0.480 e. The molecule has 0 aliphatic carbocycles. The number of aliphatic carboxylic acids is 1. The van der Waals surface area contributed by atoms with E-state index in [-0.39, 0.29) is 29.5 Å². The van der Waals surface area contributed by atoms with Gasteiger partial charge in [0.05, 0.1) is 18.1 Å². The molecule has 2 rings (SSSR count). The molecule has 1 aromatic rings. The Morgan fingerprint density at radius 2 is 1.85 bits per heavy atom. The average molecular weight is 384 g/mol. The third-order valence-corrected chi connectivity index (χ3v) is 6.30. The zero-order valence-electron chi connectivity index (χ0n) is 15.1. The Kier molecular flexibility index (Phi) is 6.38. The van der Waals surface area contributed by atoms with Gasteiger partial charge in [-0.1, -0.05) is 19.9 Å². The minimum absolute atomic E-state index is 0.0449. The van der Waals surface area contributed by atoms with Gasteiger partial charge in [-0.05, 0) is 30.5 Å². The Morgan fingerprint density at radius 1 is 1.23 bits per heavy atom. The van der Waals surface area contributed by atoms with Crippen molar-refractivity contribution in [3.63, 3.8) is 0 Å². The second-order valence-corrected chi connectivity index (χ2v) is 8.44. The number of carbonyl (C=O) groups excluding carboxylic acids is 1. The molecule has 8 nitrogen and oxygen atoms in total. The number of benzene rings is 1. The Labute approximate surface area is 153 Å². The third-order valence-electron chi connectivity index (χ3n) is 4.26. The highest BCUT2D eigenvalue weighted by atomic mass is 32.2. The number of hydrogen-bond donors (Lipinski definition) is 2. The quantitative estimate of drug-likeness (QED) is 0.752. The fraction of sp³-hybridized carbons (Fsp3) is 0.529. The van der Waals surface area contributed by atoms with Crippen LogP contribution in [-0.4, -0.2) is 62.1 Å². The zero-order chi connectivity index (χ0) is 19.5. The van der Waals surface area contributed by atoms with Crippen molar-refractivity contribution in [3.05, 3.63) is 29.3 Å². The molecule has 0 spiro atoms. The summed E-state index contributed by atoms with van der Waals surface area (Å²) in [5.41, 5.74) is 0.626. The summed E-state index contributed by atoms with van der Waals surface area (Å²) in [6.45, 7) is 6.19. The maximum absolute atomic E-state index is 12.9. The van der Waals surface area contributed by atoms with E-state index in [0.29, 0.717) is 18.8 Å². The maximum atomic E-state index is 12.9. The molecule has 0 aromatic heterocycles. The van der Waals surface area contributed by atoms with Gasteiger partial charge in [0.15, 0.2) is 0 Å². The van der Waals surface area contributed by atoms with Gasteiger partial charge in [0.2, 0.25) is 10.0 Å². The average Bonchev–Trinajstić information content (AvgIpc) is 2.59. The van der Waals surface area contributed by atoms with Crippen LogP contribution in [0.3, 0.4) is 0 Å². The van der Waals surface area contributed by atoms with Crippen molar-refractivity contribution in [2.24, 2.45) is 5.92 Å². The first-order valence-electron chi connectivity index (χ1n) is 8.37. The van der Waals surface area contributed by atoms with E-state index >= 15 is 0 Å². The van der Waals surface area contributed by atoms with Crippen molar-refractivity contribution in [2.75, 3.05) is 26.3 Å². The first kappa shape index (κ1) is 20.3. The molecule has 1 aliphatic rings. The summed E-state index contributed by atoms with van der Waals surface area (Å²) in [6, 6.07) is 3.28. The van der Waals surface area contributed by atoms with Gasteiger partial charge >= 0.3 is 5.97 Å². The van der Waals surface area contributed by atoms with Crippen molar-refractivity contribution >= 4 is 21.9 Å². The molecule has 9 heteroatoms. The summed E-state index contributed by atoms with van der Waals surface area (Å²) < 4.78 is 32.2. The van der Waals surface area contributed by atoms with Crippen molar-refractivity contribution < 1.29 is 27.9 Å². The first-order chi connectivity index (χ1) is 12.1. The van der Waals surface area contributed by atoms with Gasteiger partial charge in [-0.15, -0.1) is 0 Å². The lowest BCUT2D eigenvalue weighted by molar-refractivity contribution is -0.140. The molecule has 1 fully saturated rings. The highest BCUT2D eigenvalue weighted by Gasteiger charge is 2.29. The minimum atomic E-state index is -3.75. The normalized spacial score (nSPS) is 17.1. The van der Waals surface area contributed by atoms with Gasteiger partial charge < -0.3 is 15.2 Å². The molecular weight excluding hydrogens is 360 g/mol. The number of carboxylic acid groups (broad SMARTS) is 1. The lowest BCUT2D eigenvalue weighted by Gasteiger charge is -2.27. The van der Waals surface area contributed by atoms with Crippen LogP contribution in [0.1, 0.15) is 29.8 Å². The molecule has 144 valence electrons. The van der Waals surface area contributed by atoms with Crippen LogP contribution in [0.25, 0.3) is 0 Å². The van der Waals surface area contributed by atoms with Crippen LogP contribution < -0.4 is 5.32 Å². The van der Waals surface area contributed by atoms with Gasteiger partial charge in [-0.2, -0.15) is 4.31 Å². The number of morpholine rings is 1. The summed E-state index contributed by atoms with van der Waals surface area (Å²) in [5, 5.41) is 11.7. The molecule has 1 saturated heterocycles. The van der Waals surface area contributed by atoms with E-state index in [1.165, 1.54) is 16.4 Å². The molecule has 26 heavy (non-hydrogen) atoms. The van der Waals surface area contributed by atoms with Crippen LogP contribution in [0.4, 0.5) is 0 Å². The maximum Gasteiger partial charge on any atom is 0.326 e. The van der Waals surface area contributed by atoms with Crippen molar-refractivity contribution in [1.82, 2.24) is 9.62 Å². The van der Waals surface area contributed by atoms with E-state index in [9.17, 15) is 23.1 Å². The topological polar surface area (TPSA) is 113 Å². The fourth-order valence-electron chi connectivity index (χ4n) is 2.68. The van der Waals surface area contributed by atoms with Crippen LogP contribution in [0.2, 0.25) is 0 Å². The fourth-order valence-corrected chi connectivity index (χ4v) is 4.34. The van der Waals surface area contributed by atoms with Crippen LogP contribution >= 0.6 is 0 Å². The SMILES string of the molecule is Cc1ccc(C(=O)N[C@H](C(=O)O)C(C)C)cc1S(=O)(=O)N1CCOCC1. The first-order valence-corrected chi connectivity index (χ1v) is 9.81. The molecule has 0 radical (unpaired) electrons. The molecular formula is C17H24N2O6S. The predicted molar refractivity (Wildman–Crippen MR) is 94.5 cm³/mol. The number of carboxylic acids is 1. The number of carbonyl (C=O) groups is 2. The van der Waals surface area contributed by atoms with Crippen LogP contribution in [0, 0.1) is 12.8 Å². The van der Waals surface area contributed by atoms with E-state index in [2.05, 4.69) is 5.32 Å². The molecule has 1 aromatic carbocycles. The third kappa shape index (κ3) is 4.40. The van der Waals surface area contributed by atoms with Gasteiger partial charge in [0, 0.05) is 18.7 Å². The summed E-state index contributed by atoms with van der Waals surface area (Å²) in [7, 11) is -3.75. The zero-order valence-corrected chi connectivity index (χ0v) is 15.9. The Bertz CT molecular complexity index is 784. The molecule has 1 atom stereocenters. The number of aryl methyl sites for hydroxylation is 1. The van der Waals surface area contributed by atoms with E-state index < -0.39 is 27.9 Å². The van der Waals surface area contributed by atoms with Crippen LogP contribution in [0.15, 0.2) is 23.1 Å². The van der Waals surface area contributed by atoms with E-state index in [1.807, 2.05) is 0 Å². The number of nitrogens with one attached hydrogen (secondary N) is 1. The smallest absolute Gasteiger partial charge is 0.326 e. The van der Waals surface area contributed by atoms with Crippen molar-refractivity contribution in [3.8, 4) is 0 Å². The van der Waals surface area contributed by atoms with Gasteiger partial charge in [0.25, 0.3) is 5.91 Å². The molecule has 1 amide bonds. The number of sulfonamides is 1. The Hall–Kier alpha value is -1.97. The van der Waals surface area contributed by atoms with Gasteiger partial charge in [0.1, 0.15) is 6.04 Å².